The Labute approximate surface area is 105 Å². The lowest BCUT2D eigenvalue weighted by atomic mass is 10.1. The lowest BCUT2D eigenvalue weighted by Gasteiger charge is -2.20. The van der Waals surface area contributed by atoms with Gasteiger partial charge in [0.15, 0.2) is 0 Å². The molecule has 0 bridgehead atoms. The summed E-state index contributed by atoms with van der Waals surface area (Å²) in [4.78, 5) is 26.3. The highest BCUT2D eigenvalue weighted by Crippen LogP contribution is 2.07. The topological polar surface area (TPSA) is 93.6 Å². The lowest BCUT2D eigenvalue weighted by Crippen LogP contribution is -2.33. The molecule has 1 heterocycles. The van der Waals surface area contributed by atoms with E-state index < -0.39 is 17.9 Å². The molecular weight excluding hydrogens is 236 g/mol. The summed E-state index contributed by atoms with van der Waals surface area (Å²) in [6.45, 7) is 0.938. The van der Waals surface area contributed by atoms with E-state index in [-0.39, 0.29) is 13.0 Å². The first-order chi connectivity index (χ1) is 8.49. The van der Waals surface area contributed by atoms with Crippen LogP contribution in [0.25, 0.3) is 0 Å². The first-order valence-corrected chi connectivity index (χ1v) is 5.74. The van der Waals surface area contributed by atoms with E-state index >= 15 is 0 Å². The minimum absolute atomic E-state index is 0.242. The molecule has 1 aromatic rings. The van der Waals surface area contributed by atoms with E-state index in [1.807, 2.05) is 23.4 Å². The van der Waals surface area contributed by atoms with Gasteiger partial charge in [0.2, 0.25) is 0 Å². The number of carbonyl (C=O) groups is 2. The van der Waals surface area contributed by atoms with Crippen LogP contribution in [0.2, 0.25) is 0 Å². The third-order valence-corrected chi connectivity index (χ3v) is 2.75. The zero-order valence-electron chi connectivity index (χ0n) is 10.3. The highest BCUT2D eigenvalue weighted by molar-refractivity contribution is 5.77. The van der Waals surface area contributed by atoms with Crippen LogP contribution in [-0.2, 0) is 16.0 Å². The molecule has 100 valence electrons. The van der Waals surface area contributed by atoms with Crippen molar-refractivity contribution in [2.45, 2.75) is 12.8 Å². The third-order valence-electron chi connectivity index (χ3n) is 2.75. The molecular formula is C12H18N2O4. The monoisotopic (exact) mass is 254 g/mol. The zero-order valence-corrected chi connectivity index (χ0v) is 10.3. The van der Waals surface area contributed by atoms with Gasteiger partial charge in [-0.3, -0.25) is 9.59 Å². The molecule has 6 nitrogen and oxygen atoms in total. The number of likely N-dealkylation sites (N-methyl/N-ethyl adjacent to an activating group) is 1. The summed E-state index contributed by atoms with van der Waals surface area (Å²) in [5.74, 6) is -3.01. The Hall–Kier alpha value is -1.82. The molecule has 1 aromatic heterocycles. The molecule has 1 atom stereocenters. The van der Waals surface area contributed by atoms with Gasteiger partial charge in [0.1, 0.15) is 0 Å². The van der Waals surface area contributed by atoms with Gasteiger partial charge >= 0.3 is 11.9 Å². The van der Waals surface area contributed by atoms with Crippen LogP contribution >= 0.6 is 0 Å². The maximum atomic E-state index is 10.9. The van der Waals surface area contributed by atoms with Gasteiger partial charge < -0.3 is 20.1 Å². The molecule has 0 fully saturated rings. The molecule has 0 aliphatic heterocycles. The molecule has 0 aliphatic carbocycles. The van der Waals surface area contributed by atoms with Crippen LogP contribution in [0.5, 0.6) is 0 Å². The van der Waals surface area contributed by atoms with Crippen molar-refractivity contribution in [2.75, 3.05) is 20.1 Å². The Bertz CT molecular complexity index is 389. The molecule has 0 saturated heterocycles. The third kappa shape index (κ3) is 5.01. The van der Waals surface area contributed by atoms with Crippen molar-refractivity contribution in [1.82, 2.24) is 9.88 Å². The van der Waals surface area contributed by atoms with Crippen molar-refractivity contribution in [3.05, 3.63) is 24.0 Å². The Morgan fingerprint density at radius 2 is 2.17 bits per heavy atom. The SMILES string of the molecule is CN(CCc1cc[nH]c1)CC(CC(=O)O)C(=O)O. The van der Waals surface area contributed by atoms with Gasteiger partial charge in [0.25, 0.3) is 0 Å². The first-order valence-electron chi connectivity index (χ1n) is 5.74. The molecule has 6 heteroatoms. The average molecular weight is 254 g/mol. The summed E-state index contributed by atoms with van der Waals surface area (Å²) in [5.41, 5.74) is 1.15. The van der Waals surface area contributed by atoms with Gasteiger partial charge in [-0.15, -0.1) is 0 Å². The fourth-order valence-electron chi connectivity index (χ4n) is 1.74. The predicted molar refractivity (Wildman–Crippen MR) is 65.4 cm³/mol. The number of hydrogen-bond acceptors (Lipinski definition) is 3. The molecule has 18 heavy (non-hydrogen) atoms. The van der Waals surface area contributed by atoms with Gasteiger partial charge in [-0.25, -0.2) is 0 Å². The van der Waals surface area contributed by atoms with Crippen LogP contribution in [0.1, 0.15) is 12.0 Å². The fraction of sp³-hybridized carbons (Fsp3) is 0.500. The molecule has 0 saturated carbocycles. The number of hydrogen-bond donors (Lipinski definition) is 3. The smallest absolute Gasteiger partial charge is 0.308 e. The van der Waals surface area contributed by atoms with Gasteiger partial charge in [-0.1, -0.05) is 0 Å². The summed E-state index contributed by atoms with van der Waals surface area (Å²) in [6.07, 6.45) is 4.18. The Balaban J connectivity index is 2.38. The lowest BCUT2D eigenvalue weighted by molar-refractivity contribution is -0.148. The zero-order chi connectivity index (χ0) is 13.5. The van der Waals surface area contributed by atoms with Crippen molar-refractivity contribution in [2.24, 2.45) is 5.92 Å². The molecule has 0 amide bonds. The van der Waals surface area contributed by atoms with Crippen LogP contribution in [0.4, 0.5) is 0 Å². The fourth-order valence-corrected chi connectivity index (χ4v) is 1.74. The van der Waals surface area contributed by atoms with E-state index in [0.29, 0.717) is 6.54 Å². The summed E-state index contributed by atoms with van der Waals surface area (Å²) >= 11 is 0. The van der Waals surface area contributed by atoms with Crippen LogP contribution in [0.3, 0.4) is 0 Å². The standard InChI is InChI=1S/C12H18N2O4/c1-14(5-3-9-2-4-13-7-9)8-10(12(17)18)6-11(15)16/h2,4,7,10,13H,3,5-6,8H2,1H3,(H,15,16)(H,17,18). The van der Waals surface area contributed by atoms with E-state index in [0.717, 1.165) is 12.0 Å². The van der Waals surface area contributed by atoms with Gasteiger partial charge in [0.05, 0.1) is 12.3 Å². The minimum atomic E-state index is -1.08. The molecule has 0 aromatic carbocycles. The van der Waals surface area contributed by atoms with Crippen LogP contribution in [0, 0.1) is 5.92 Å². The second kappa shape index (κ2) is 6.80. The minimum Gasteiger partial charge on any atom is -0.481 e. The predicted octanol–water partition coefficient (Wildman–Crippen LogP) is 0.664. The van der Waals surface area contributed by atoms with Crippen molar-refractivity contribution < 1.29 is 19.8 Å². The van der Waals surface area contributed by atoms with Crippen molar-refractivity contribution in [3.63, 3.8) is 0 Å². The van der Waals surface area contributed by atoms with Crippen molar-refractivity contribution >= 4 is 11.9 Å². The van der Waals surface area contributed by atoms with Crippen molar-refractivity contribution in [1.29, 1.82) is 0 Å². The Morgan fingerprint density at radius 1 is 1.44 bits per heavy atom. The average Bonchev–Trinajstić information content (AvgIpc) is 2.77. The van der Waals surface area contributed by atoms with Crippen LogP contribution < -0.4 is 0 Å². The molecule has 1 rings (SSSR count). The number of H-pyrrole nitrogens is 1. The van der Waals surface area contributed by atoms with E-state index in [1.54, 1.807) is 7.05 Å². The number of nitrogens with zero attached hydrogens (tertiary/aromatic N) is 1. The normalized spacial score (nSPS) is 12.6. The van der Waals surface area contributed by atoms with Gasteiger partial charge in [-0.05, 0) is 25.1 Å². The highest BCUT2D eigenvalue weighted by atomic mass is 16.4. The molecule has 1 unspecified atom stereocenters. The second-order valence-electron chi connectivity index (χ2n) is 4.36. The van der Waals surface area contributed by atoms with Gasteiger partial charge in [-0.2, -0.15) is 0 Å². The first kappa shape index (κ1) is 14.2. The van der Waals surface area contributed by atoms with Crippen LogP contribution in [-0.4, -0.2) is 52.2 Å². The highest BCUT2D eigenvalue weighted by Gasteiger charge is 2.22. The Kier molecular flexibility index (Phi) is 5.38. The number of aliphatic carboxylic acids is 2. The number of nitrogens with one attached hydrogen (secondary N) is 1. The quantitative estimate of drug-likeness (QED) is 0.633. The number of carboxylic acid groups (broad SMARTS) is 2. The summed E-state index contributed by atoms with van der Waals surface area (Å²) in [7, 11) is 1.80. The van der Waals surface area contributed by atoms with E-state index in [9.17, 15) is 9.59 Å². The number of aromatic nitrogens is 1. The van der Waals surface area contributed by atoms with Gasteiger partial charge in [0, 0.05) is 25.5 Å². The molecule has 3 N–H and O–H groups in total. The number of aromatic amines is 1. The summed E-state index contributed by atoms with van der Waals surface area (Å²) < 4.78 is 0. The maximum Gasteiger partial charge on any atom is 0.308 e. The Morgan fingerprint density at radius 3 is 2.67 bits per heavy atom. The number of rotatable bonds is 8. The maximum absolute atomic E-state index is 10.9. The van der Waals surface area contributed by atoms with E-state index in [1.165, 1.54) is 0 Å². The molecule has 0 aliphatic rings. The summed E-state index contributed by atoms with van der Waals surface area (Å²) in [5, 5.41) is 17.6. The van der Waals surface area contributed by atoms with E-state index in [2.05, 4.69) is 4.98 Å². The van der Waals surface area contributed by atoms with Crippen molar-refractivity contribution in [3.8, 4) is 0 Å². The van der Waals surface area contributed by atoms with E-state index in [4.69, 9.17) is 10.2 Å². The number of carboxylic acids is 2. The molecule has 0 radical (unpaired) electrons. The largest absolute Gasteiger partial charge is 0.481 e. The summed E-state index contributed by atoms with van der Waals surface area (Å²) in [6, 6.07) is 1.96. The second-order valence-corrected chi connectivity index (χ2v) is 4.36. The molecule has 0 spiro atoms. The van der Waals surface area contributed by atoms with Crippen LogP contribution in [0.15, 0.2) is 18.5 Å².